The molecule has 0 fully saturated rings. The number of hydrogen-bond donors (Lipinski definition) is 2. The maximum Gasteiger partial charge on any atom is 0.313 e. The van der Waals surface area contributed by atoms with Crippen LogP contribution < -0.4 is 20.1 Å². The van der Waals surface area contributed by atoms with Crippen molar-refractivity contribution in [2.24, 2.45) is 0 Å². The van der Waals surface area contributed by atoms with Crippen molar-refractivity contribution < 1.29 is 19.1 Å². The maximum atomic E-state index is 12.1. The minimum atomic E-state index is -0.723. The summed E-state index contributed by atoms with van der Waals surface area (Å²) in [6.45, 7) is 6.73. The number of nitrogens with one attached hydrogen (secondary N) is 2. The van der Waals surface area contributed by atoms with Crippen LogP contribution in [0.2, 0.25) is 0 Å². The lowest BCUT2D eigenvalue weighted by atomic mass is 10.2. The van der Waals surface area contributed by atoms with Gasteiger partial charge in [0.15, 0.2) is 0 Å². The average Bonchev–Trinajstić information content (AvgIpc) is 2.66. The second-order valence-corrected chi connectivity index (χ2v) is 6.28. The minimum Gasteiger partial charge on any atom is -0.494 e. The Morgan fingerprint density at radius 1 is 1.00 bits per heavy atom. The Kier molecular flexibility index (Phi) is 7.67. The largest absolute Gasteiger partial charge is 0.494 e. The van der Waals surface area contributed by atoms with E-state index in [0.29, 0.717) is 18.0 Å². The topological polar surface area (TPSA) is 76.7 Å². The second kappa shape index (κ2) is 10.2. The zero-order valence-electron chi connectivity index (χ0n) is 16.0. The molecule has 0 aromatic heterocycles. The number of anilines is 1. The number of para-hydroxylation sites is 1. The smallest absolute Gasteiger partial charge is 0.313 e. The van der Waals surface area contributed by atoms with Crippen molar-refractivity contribution in [3.8, 4) is 11.5 Å². The molecule has 0 heterocycles. The molecule has 2 rings (SSSR count). The molecule has 0 aliphatic heterocycles. The van der Waals surface area contributed by atoms with Crippen molar-refractivity contribution >= 4 is 17.5 Å². The molecule has 0 saturated heterocycles. The number of carbonyl (C=O) groups is 2. The molecule has 2 aromatic carbocycles. The molecule has 0 unspecified atom stereocenters. The summed E-state index contributed by atoms with van der Waals surface area (Å²) in [7, 11) is 0. The molecular weight excluding hydrogens is 344 g/mol. The third kappa shape index (κ3) is 6.66. The number of rotatable bonds is 8. The predicted molar refractivity (Wildman–Crippen MR) is 105 cm³/mol. The van der Waals surface area contributed by atoms with E-state index in [1.807, 2.05) is 45.0 Å². The van der Waals surface area contributed by atoms with E-state index in [2.05, 4.69) is 10.6 Å². The van der Waals surface area contributed by atoms with Crippen molar-refractivity contribution in [2.75, 3.05) is 11.9 Å². The molecule has 0 spiro atoms. The van der Waals surface area contributed by atoms with Gasteiger partial charge in [0.1, 0.15) is 11.5 Å². The Morgan fingerprint density at radius 2 is 1.70 bits per heavy atom. The third-order valence-electron chi connectivity index (χ3n) is 3.57. The molecule has 0 saturated carbocycles. The third-order valence-corrected chi connectivity index (χ3v) is 3.57. The first-order valence-electron chi connectivity index (χ1n) is 9.06. The first-order valence-corrected chi connectivity index (χ1v) is 9.06. The molecule has 6 nitrogen and oxygen atoms in total. The molecule has 0 aliphatic rings. The molecule has 6 heteroatoms. The summed E-state index contributed by atoms with van der Waals surface area (Å²) in [5, 5.41) is 5.19. The van der Waals surface area contributed by atoms with E-state index in [9.17, 15) is 9.59 Å². The standard InChI is InChI=1S/C21H26N2O4/c1-4-13-26-18-11-9-17(10-12-18)23-21(25)20(24)22-14-16-7-5-6-8-19(16)27-15(2)3/h5-12,15H,4,13-14H2,1-3H3,(H,22,24)(H,23,25). The van der Waals surface area contributed by atoms with Crippen molar-refractivity contribution in [1.82, 2.24) is 5.32 Å². The van der Waals surface area contributed by atoms with Crippen LogP contribution in [0.5, 0.6) is 11.5 Å². The van der Waals surface area contributed by atoms with Gasteiger partial charge < -0.3 is 20.1 Å². The van der Waals surface area contributed by atoms with Gasteiger partial charge in [-0.25, -0.2) is 0 Å². The van der Waals surface area contributed by atoms with Crippen molar-refractivity contribution in [1.29, 1.82) is 0 Å². The summed E-state index contributed by atoms with van der Waals surface area (Å²) in [6.07, 6.45) is 0.943. The molecule has 0 bridgehead atoms. The van der Waals surface area contributed by atoms with Gasteiger partial charge in [-0.05, 0) is 50.6 Å². The Balaban J connectivity index is 1.88. The second-order valence-electron chi connectivity index (χ2n) is 6.28. The van der Waals surface area contributed by atoms with Gasteiger partial charge in [0.05, 0.1) is 12.7 Å². The molecule has 0 atom stereocenters. The summed E-state index contributed by atoms with van der Waals surface area (Å²) in [5.74, 6) is -0.0166. The lowest BCUT2D eigenvalue weighted by Gasteiger charge is -2.14. The highest BCUT2D eigenvalue weighted by Crippen LogP contribution is 2.19. The normalized spacial score (nSPS) is 10.4. The minimum absolute atomic E-state index is 0.0226. The van der Waals surface area contributed by atoms with Crippen LogP contribution >= 0.6 is 0 Å². The van der Waals surface area contributed by atoms with Crippen LogP contribution in [0, 0.1) is 0 Å². The fourth-order valence-electron chi connectivity index (χ4n) is 2.32. The van der Waals surface area contributed by atoms with Gasteiger partial charge in [0, 0.05) is 17.8 Å². The maximum absolute atomic E-state index is 12.1. The van der Waals surface area contributed by atoms with Crippen LogP contribution in [-0.2, 0) is 16.1 Å². The van der Waals surface area contributed by atoms with E-state index < -0.39 is 11.8 Å². The molecule has 2 aromatic rings. The van der Waals surface area contributed by atoms with E-state index in [0.717, 1.165) is 17.7 Å². The highest BCUT2D eigenvalue weighted by molar-refractivity contribution is 6.39. The fourth-order valence-corrected chi connectivity index (χ4v) is 2.32. The first kappa shape index (κ1) is 20.3. The van der Waals surface area contributed by atoms with Crippen LogP contribution in [0.4, 0.5) is 5.69 Å². The van der Waals surface area contributed by atoms with Crippen molar-refractivity contribution in [2.45, 2.75) is 39.8 Å². The quantitative estimate of drug-likeness (QED) is 0.697. The summed E-state index contributed by atoms with van der Waals surface area (Å²) in [5.41, 5.74) is 1.34. The number of carbonyl (C=O) groups excluding carboxylic acids is 2. The van der Waals surface area contributed by atoms with Gasteiger partial charge in [-0.1, -0.05) is 25.1 Å². The summed E-state index contributed by atoms with van der Waals surface area (Å²) >= 11 is 0. The monoisotopic (exact) mass is 370 g/mol. The van der Waals surface area contributed by atoms with E-state index >= 15 is 0 Å². The summed E-state index contributed by atoms with van der Waals surface area (Å²) < 4.78 is 11.2. The van der Waals surface area contributed by atoms with Crippen LogP contribution in [0.1, 0.15) is 32.8 Å². The van der Waals surface area contributed by atoms with E-state index in [1.54, 1.807) is 24.3 Å². The Hall–Kier alpha value is -3.02. The number of benzene rings is 2. The Labute approximate surface area is 159 Å². The van der Waals surface area contributed by atoms with Crippen LogP contribution in [-0.4, -0.2) is 24.5 Å². The van der Waals surface area contributed by atoms with Gasteiger partial charge in [-0.15, -0.1) is 0 Å². The van der Waals surface area contributed by atoms with Crippen LogP contribution in [0.25, 0.3) is 0 Å². The van der Waals surface area contributed by atoms with E-state index in [1.165, 1.54) is 0 Å². The SMILES string of the molecule is CCCOc1ccc(NC(=O)C(=O)NCc2ccccc2OC(C)C)cc1. The molecule has 0 radical (unpaired) electrons. The lowest BCUT2D eigenvalue weighted by Crippen LogP contribution is -2.35. The highest BCUT2D eigenvalue weighted by Gasteiger charge is 2.14. The molecule has 27 heavy (non-hydrogen) atoms. The van der Waals surface area contributed by atoms with E-state index in [4.69, 9.17) is 9.47 Å². The van der Waals surface area contributed by atoms with Gasteiger partial charge >= 0.3 is 11.8 Å². The summed E-state index contributed by atoms with van der Waals surface area (Å²) in [4.78, 5) is 24.1. The fraction of sp³-hybridized carbons (Fsp3) is 0.333. The van der Waals surface area contributed by atoms with Crippen molar-refractivity contribution in [3.05, 3.63) is 54.1 Å². The molecule has 144 valence electrons. The zero-order valence-corrected chi connectivity index (χ0v) is 16.0. The highest BCUT2D eigenvalue weighted by atomic mass is 16.5. The van der Waals surface area contributed by atoms with Gasteiger partial charge in [0.25, 0.3) is 0 Å². The van der Waals surface area contributed by atoms with Gasteiger partial charge in [0.2, 0.25) is 0 Å². The number of amides is 2. The van der Waals surface area contributed by atoms with Crippen LogP contribution in [0.3, 0.4) is 0 Å². The number of hydrogen-bond acceptors (Lipinski definition) is 4. The predicted octanol–water partition coefficient (Wildman–Crippen LogP) is 3.52. The van der Waals surface area contributed by atoms with Crippen molar-refractivity contribution in [3.63, 3.8) is 0 Å². The first-order chi connectivity index (χ1) is 13.0. The van der Waals surface area contributed by atoms with Gasteiger partial charge in [-0.3, -0.25) is 9.59 Å². The molecule has 2 N–H and O–H groups in total. The molecule has 2 amide bonds. The molecule has 0 aliphatic carbocycles. The average molecular weight is 370 g/mol. The lowest BCUT2D eigenvalue weighted by molar-refractivity contribution is -0.136. The Morgan fingerprint density at radius 3 is 2.37 bits per heavy atom. The zero-order chi connectivity index (χ0) is 19.6. The van der Waals surface area contributed by atoms with E-state index in [-0.39, 0.29) is 12.6 Å². The van der Waals surface area contributed by atoms with Gasteiger partial charge in [-0.2, -0.15) is 0 Å². The molecular formula is C21H26N2O4. The van der Waals surface area contributed by atoms with Crippen LogP contribution in [0.15, 0.2) is 48.5 Å². The summed E-state index contributed by atoms with van der Waals surface area (Å²) in [6, 6.07) is 14.3. The number of ether oxygens (including phenoxy) is 2. The Bertz CT molecular complexity index is 757.